The van der Waals surface area contributed by atoms with Crippen LogP contribution in [-0.4, -0.2) is 35.9 Å². The highest BCUT2D eigenvalue weighted by atomic mass is 79.9. The van der Waals surface area contributed by atoms with Crippen LogP contribution in [0, 0.1) is 5.82 Å². The second-order valence-corrected chi connectivity index (χ2v) is 9.47. The molecular weight excluding hydrogens is 569 g/mol. The van der Waals surface area contributed by atoms with E-state index in [0.29, 0.717) is 33.8 Å². The highest BCUT2D eigenvalue weighted by Gasteiger charge is 2.35. The number of hydrogen-bond donors (Lipinski definition) is 2. The molecule has 1 fully saturated rings. The molecule has 4 rings (SSSR count). The Hall–Kier alpha value is -4.18. The number of ether oxygens (including phenoxy) is 2. The normalized spacial score (nSPS) is 13.9. The van der Waals surface area contributed by atoms with Crippen LogP contribution < -0.4 is 20.1 Å². The monoisotopic (exact) mass is 595 g/mol. The van der Waals surface area contributed by atoms with E-state index in [-0.39, 0.29) is 18.1 Å². The fraction of sp³-hybridized carbons (Fsp3) is 0.207. The summed E-state index contributed by atoms with van der Waals surface area (Å²) in [5.74, 6) is -0.574. The van der Waals surface area contributed by atoms with E-state index < -0.39 is 24.4 Å². The van der Waals surface area contributed by atoms with Crippen molar-refractivity contribution in [1.82, 2.24) is 10.2 Å². The number of benzene rings is 3. The number of anilines is 1. The number of amides is 4. The van der Waals surface area contributed by atoms with Crippen LogP contribution in [-0.2, 0) is 22.6 Å². The lowest BCUT2D eigenvalue weighted by atomic mass is 10.1. The molecule has 202 valence electrons. The molecule has 0 unspecified atom stereocenters. The number of halogens is 2. The Kier molecular flexibility index (Phi) is 8.98. The Balaban J connectivity index is 1.49. The van der Waals surface area contributed by atoms with Crippen LogP contribution in [0.5, 0.6) is 11.5 Å². The zero-order chi connectivity index (χ0) is 27.9. The van der Waals surface area contributed by atoms with E-state index in [1.807, 2.05) is 26.0 Å². The van der Waals surface area contributed by atoms with Crippen molar-refractivity contribution in [3.05, 3.63) is 93.3 Å². The maximum Gasteiger partial charge on any atom is 0.329 e. The molecule has 39 heavy (non-hydrogen) atoms. The van der Waals surface area contributed by atoms with E-state index in [9.17, 15) is 18.8 Å². The van der Waals surface area contributed by atoms with Crippen LogP contribution in [0.4, 0.5) is 14.9 Å². The van der Waals surface area contributed by atoms with Crippen molar-refractivity contribution in [3.63, 3.8) is 0 Å². The minimum Gasteiger partial charge on any atom is -0.490 e. The first-order valence-corrected chi connectivity index (χ1v) is 13.1. The lowest BCUT2D eigenvalue weighted by Crippen LogP contribution is -2.38. The molecule has 0 aromatic heterocycles. The molecule has 0 atom stereocenters. The number of carbonyl (C=O) groups is 3. The zero-order valence-corrected chi connectivity index (χ0v) is 23.0. The van der Waals surface area contributed by atoms with Crippen molar-refractivity contribution in [1.29, 1.82) is 0 Å². The number of aryl methyl sites for hydroxylation is 1. The third kappa shape index (κ3) is 6.83. The average Bonchev–Trinajstić information content (AvgIpc) is 3.16. The van der Waals surface area contributed by atoms with Crippen LogP contribution >= 0.6 is 15.9 Å². The molecule has 3 aromatic carbocycles. The predicted molar refractivity (Wildman–Crippen MR) is 149 cm³/mol. The molecule has 2 N–H and O–H groups in total. The van der Waals surface area contributed by atoms with Gasteiger partial charge in [0.1, 0.15) is 24.7 Å². The van der Waals surface area contributed by atoms with Gasteiger partial charge in [-0.05, 0) is 82.4 Å². The first-order valence-electron chi connectivity index (χ1n) is 12.3. The van der Waals surface area contributed by atoms with Gasteiger partial charge in [0, 0.05) is 5.69 Å². The topological polar surface area (TPSA) is 97.0 Å². The second kappa shape index (κ2) is 12.6. The number of hydrogen-bond acceptors (Lipinski definition) is 5. The summed E-state index contributed by atoms with van der Waals surface area (Å²) < 4.78 is 25.4. The van der Waals surface area contributed by atoms with Gasteiger partial charge in [-0.25, -0.2) is 14.1 Å². The summed E-state index contributed by atoms with van der Waals surface area (Å²) in [7, 11) is 0. The SMILES string of the molecule is CCOc1cc(/C=C2/NC(=O)N(CC(=O)Nc3ccccc3CC)C2=O)cc(Br)c1OCc1ccc(F)cc1. The standard InChI is InChI=1S/C29H27BrFN3O5/c1-3-20-7-5-6-8-23(20)32-26(35)16-34-28(36)24(33-29(34)37)14-19-13-22(30)27(25(15-19)38-4-2)39-17-18-9-11-21(31)12-10-18/h5-15H,3-4,16-17H2,1-2H3,(H,32,35)(H,33,37)/b24-14+. The zero-order valence-electron chi connectivity index (χ0n) is 21.4. The molecule has 0 spiro atoms. The molecule has 1 heterocycles. The molecule has 8 nitrogen and oxygen atoms in total. The summed E-state index contributed by atoms with van der Waals surface area (Å²) >= 11 is 3.49. The van der Waals surface area contributed by atoms with Gasteiger partial charge in [-0.15, -0.1) is 0 Å². The highest BCUT2D eigenvalue weighted by Crippen LogP contribution is 2.38. The van der Waals surface area contributed by atoms with Crippen molar-refractivity contribution in [2.75, 3.05) is 18.5 Å². The molecule has 0 aliphatic carbocycles. The first-order chi connectivity index (χ1) is 18.8. The van der Waals surface area contributed by atoms with Gasteiger partial charge in [0.2, 0.25) is 5.91 Å². The number of nitrogens with one attached hydrogen (secondary N) is 2. The molecule has 3 aromatic rings. The molecule has 4 amide bonds. The van der Waals surface area contributed by atoms with Crippen molar-refractivity contribution >= 4 is 45.5 Å². The van der Waals surface area contributed by atoms with Gasteiger partial charge in [0.15, 0.2) is 11.5 Å². The van der Waals surface area contributed by atoms with Crippen LogP contribution in [0.25, 0.3) is 6.08 Å². The fourth-order valence-electron chi connectivity index (χ4n) is 3.98. The Morgan fingerprint density at radius 3 is 2.54 bits per heavy atom. The first kappa shape index (κ1) is 27.8. The Bertz CT molecular complexity index is 1420. The van der Waals surface area contributed by atoms with Gasteiger partial charge in [-0.3, -0.25) is 9.59 Å². The summed E-state index contributed by atoms with van der Waals surface area (Å²) in [5, 5.41) is 5.30. The van der Waals surface area contributed by atoms with Crippen molar-refractivity contribution in [2.45, 2.75) is 26.9 Å². The highest BCUT2D eigenvalue weighted by molar-refractivity contribution is 9.10. The molecule has 1 aliphatic rings. The lowest BCUT2D eigenvalue weighted by molar-refractivity contribution is -0.127. The number of para-hydroxylation sites is 1. The summed E-state index contributed by atoms with van der Waals surface area (Å²) in [6.45, 7) is 3.92. The predicted octanol–water partition coefficient (Wildman–Crippen LogP) is 5.66. The van der Waals surface area contributed by atoms with Crippen molar-refractivity contribution in [2.24, 2.45) is 0 Å². The van der Waals surface area contributed by atoms with Crippen molar-refractivity contribution in [3.8, 4) is 11.5 Å². The number of urea groups is 1. The van der Waals surface area contributed by atoms with Crippen LogP contribution in [0.1, 0.15) is 30.5 Å². The van der Waals surface area contributed by atoms with Crippen LogP contribution in [0.2, 0.25) is 0 Å². The number of imide groups is 1. The lowest BCUT2D eigenvalue weighted by Gasteiger charge is -2.15. The Labute approximate surface area is 233 Å². The molecule has 1 aliphatic heterocycles. The van der Waals surface area contributed by atoms with Gasteiger partial charge in [-0.1, -0.05) is 37.3 Å². The maximum absolute atomic E-state index is 13.2. The molecule has 0 radical (unpaired) electrons. The molecule has 0 bridgehead atoms. The average molecular weight is 596 g/mol. The van der Waals surface area contributed by atoms with Crippen molar-refractivity contribution < 1.29 is 28.2 Å². The minimum absolute atomic E-state index is 0.0242. The number of rotatable bonds is 10. The fourth-order valence-corrected chi connectivity index (χ4v) is 4.55. The van der Waals surface area contributed by atoms with Gasteiger partial charge in [0.05, 0.1) is 11.1 Å². The molecule has 0 saturated carbocycles. The van der Waals surface area contributed by atoms with E-state index in [4.69, 9.17) is 9.47 Å². The summed E-state index contributed by atoms with van der Waals surface area (Å²) in [6.07, 6.45) is 2.23. The van der Waals surface area contributed by atoms with E-state index in [1.165, 1.54) is 18.2 Å². The van der Waals surface area contributed by atoms with E-state index in [2.05, 4.69) is 26.6 Å². The van der Waals surface area contributed by atoms with Gasteiger partial charge in [0.25, 0.3) is 5.91 Å². The second-order valence-electron chi connectivity index (χ2n) is 8.62. The maximum atomic E-state index is 13.2. The smallest absolute Gasteiger partial charge is 0.329 e. The molecular formula is C29H27BrFN3O5. The third-order valence-corrected chi connectivity index (χ3v) is 6.46. The Morgan fingerprint density at radius 2 is 1.82 bits per heavy atom. The number of carbonyl (C=O) groups excluding carboxylic acids is 3. The minimum atomic E-state index is -0.687. The van der Waals surface area contributed by atoms with Gasteiger partial charge < -0.3 is 20.1 Å². The Morgan fingerprint density at radius 1 is 1.08 bits per heavy atom. The number of nitrogens with zero attached hydrogens (tertiary/aromatic N) is 1. The summed E-state index contributed by atoms with van der Waals surface area (Å²) in [4.78, 5) is 39.0. The van der Waals surface area contributed by atoms with Crippen LogP contribution in [0.3, 0.4) is 0 Å². The van der Waals surface area contributed by atoms with E-state index in [0.717, 1.165) is 22.4 Å². The van der Waals surface area contributed by atoms with Gasteiger partial charge >= 0.3 is 6.03 Å². The van der Waals surface area contributed by atoms with E-state index >= 15 is 0 Å². The van der Waals surface area contributed by atoms with Gasteiger partial charge in [-0.2, -0.15) is 0 Å². The quantitative estimate of drug-likeness (QED) is 0.233. The molecule has 10 heteroatoms. The molecule has 1 saturated heterocycles. The largest absolute Gasteiger partial charge is 0.490 e. The van der Waals surface area contributed by atoms with E-state index in [1.54, 1.807) is 36.4 Å². The summed E-state index contributed by atoms with van der Waals surface area (Å²) in [6, 6.07) is 16.0. The summed E-state index contributed by atoms with van der Waals surface area (Å²) in [5.41, 5.74) is 2.95. The van der Waals surface area contributed by atoms with Crippen LogP contribution in [0.15, 0.2) is 70.8 Å². The third-order valence-electron chi connectivity index (χ3n) is 5.88.